The smallest absolute Gasteiger partial charge is 0.280 e. The average molecular weight is 257 g/mol. The van der Waals surface area contributed by atoms with Gasteiger partial charge in [0.05, 0.1) is 23.7 Å². The third-order valence-corrected chi connectivity index (χ3v) is 2.74. The quantitative estimate of drug-likeness (QED) is 0.479. The highest BCUT2D eigenvalue weighted by Gasteiger charge is 2.16. The van der Waals surface area contributed by atoms with Crippen LogP contribution in [0.2, 0.25) is 0 Å². The van der Waals surface area contributed by atoms with Crippen molar-refractivity contribution in [2.75, 3.05) is 7.11 Å². The number of methoxy groups -OCH3 is 1. The number of nitro groups is 1. The third kappa shape index (κ3) is 2.60. The molecule has 0 heterocycles. The molecule has 2 rings (SSSR count). The number of rotatable bonds is 4. The summed E-state index contributed by atoms with van der Waals surface area (Å²) in [4.78, 5) is 21.4. The fourth-order valence-corrected chi connectivity index (χ4v) is 1.81. The highest BCUT2D eigenvalue weighted by atomic mass is 16.6. The molecule has 0 atom stereocenters. The Bertz CT molecular complexity index is 637. The molecule has 0 aliphatic heterocycles. The maximum atomic E-state index is 11.1. The second-order valence-corrected chi connectivity index (χ2v) is 3.88. The second-order valence-electron chi connectivity index (χ2n) is 3.88. The molecule has 0 N–H and O–H groups in total. The van der Waals surface area contributed by atoms with Gasteiger partial charge in [0.25, 0.3) is 5.69 Å². The summed E-state index contributed by atoms with van der Waals surface area (Å²) in [6.45, 7) is 0. The molecule has 0 radical (unpaired) electrons. The Labute approximate surface area is 109 Å². The van der Waals surface area contributed by atoms with Crippen LogP contribution in [-0.4, -0.2) is 18.3 Å². The lowest BCUT2D eigenvalue weighted by Crippen LogP contribution is -1.94. The number of carbonyl (C=O) groups excluding carboxylic acids is 1. The summed E-state index contributed by atoms with van der Waals surface area (Å²) in [5.74, 6) is 0.419. The molecule has 96 valence electrons. The van der Waals surface area contributed by atoms with Gasteiger partial charge in [0.2, 0.25) is 0 Å². The summed E-state index contributed by atoms with van der Waals surface area (Å²) in [5, 5.41) is 11.1. The zero-order valence-corrected chi connectivity index (χ0v) is 10.2. The van der Waals surface area contributed by atoms with Gasteiger partial charge in [-0.3, -0.25) is 14.9 Å². The first kappa shape index (κ1) is 12.8. The second kappa shape index (κ2) is 5.30. The number of benzene rings is 2. The molecule has 0 aliphatic rings. The van der Waals surface area contributed by atoms with E-state index in [4.69, 9.17) is 4.74 Å². The van der Waals surface area contributed by atoms with Crippen LogP contribution in [0.1, 0.15) is 10.4 Å². The zero-order chi connectivity index (χ0) is 13.8. The van der Waals surface area contributed by atoms with Gasteiger partial charge in [0.15, 0.2) is 0 Å². The normalized spacial score (nSPS) is 9.95. The topological polar surface area (TPSA) is 69.4 Å². The molecule has 0 saturated carbocycles. The van der Waals surface area contributed by atoms with E-state index in [9.17, 15) is 14.9 Å². The van der Waals surface area contributed by atoms with Crippen LogP contribution in [0.15, 0.2) is 42.5 Å². The number of hydrogen-bond donors (Lipinski definition) is 0. The van der Waals surface area contributed by atoms with E-state index in [0.29, 0.717) is 28.7 Å². The van der Waals surface area contributed by atoms with Crippen molar-refractivity contribution in [2.45, 2.75) is 0 Å². The Kier molecular flexibility index (Phi) is 3.56. The van der Waals surface area contributed by atoms with Crippen LogP contribution in [0.4, 0.5) is 5.69 Å². The van der Waals surface area contributed by atoms with Gasteiger partial charge in [0.1, 0.15) is 12.0 Å². The monoisotopic (exact) mass is 257 g/mol. The predicted octanol–water partition coefficient (Wildman–Crippen LogP) is 3.08. The zero-order valence-electron chi connectivity index (χ0n) is 10.2. The van der Waals surface area contributed by atoms with Crippen LogP contribution < -0.4 is 4.74 Å². The lowest BCUT2D eigenvalue weighted by Gasteiger charge is -2.06. The average Bonchev–Trinajstić information content (AvgIpc) is 2.46. The van der Waals surface area contributed by atoms with Crippen molar-refractivity contribution in [3.05, 3.63) is 58.1 Å². The molecule has 0 fully saturated rings. The molecule has 0 aromatic heterocycles. The minimum atomic E-state index is -0.467. The fraction of sp³-hybridized carbons (Fsp3) is 0.0714. The van der Waals surface area contributed by atoms with Crippen LogP contribution >= 0.6 is 0 Å². The summed E-state index contributed by atoms with van der Waals surface area (Å²) >= 11 is 0. The number of aldehydes is 1. The van der Waals surface area contributed by atoms with E-state index in [0.717, 1.165) is 0 Å². The first-order chi connectivity index (χ1) is 9.15. The number of nitro benzene ring substituents is 1. The van der Waals surface area contributed by atoms with Gasteiger partial charge in [-0.15, -0.1) is 0 Å². The minimum absolute atomic E-state index is 0.0533. The van der Waals surface area contributed by atoms with E-state index in [-0.39, 0.29) is 5.69 Å². The van der Waals surface area contributed by atoms with Crippen molar-refractivity contribution in [1.82, 2.24) is 0 Å². The highest BCUT2D eigenvalue weighted by molar-refractivity contribution is 5.81. The minimum Gasteiger partial charge on any atom is -0.497 e. The Morgan fingerprint density at radius 3 is 2.63 bits per heavy atom. The van der Waals surface area contributed by atoms with Gasteiger partial charge in [-0.25, -0.2) is 0 Å². The first-order valence-corrected chi connectivity index (χ1v) is 5.53. The summed E-state index contributed by atoms with van der Waals surface area (Å²) in [5.41, 5.74) is 1.50. The molecule has 0 saturated heterocycles. The lowest BCUT2D eigenvalue weighted by molar-refractivity contribution is -0.384. The van der Waals surface area contributed by atoms with E-state index in [1.54, 1.807) is 36.4 Å². The van der Waals surface area contributed by atoms with Gasteiger partial charge < -0.3 is 4.74 Å². The Morgan fingerprint density at radius 1 is 1.21 bits per heavy atom. The molecule has 0 spiro atoms. The molecule has 19 heavy (non-hydrogen) atoms. The van der Waals surface area contributed by atoms with Crippen molar-refractivity contribution in [3.8, 4) is 16.9 Å². The molecular formula is C14H11NO4. The van der Waals surface area contributed by atoms with Crippen molar-refractivity contribution >= 4 is 12.0 Å². The third-order valence-electron chi connectivity index (χ3n) is 2.74. The summed E-state index contributed by atoms with van der Waals surface area (Å²) < 4.78 is 4.98. The van der Waals surface area contributed by atoms with Crippen LogP contribution in [0.5, 0.6) is 5.75 Å². The standard InChI is InChI=1S/C14H11NO4/c1-19-12-5-6-13(14(8-12)15(17)18)11-4-2-3-10(7-11)9-16/h2-9H,1H3. The number of nitrogens with zero attached hydrogens (tertiary/aromatic N) is 1. The van der Waals surface area contributed by atoms with Crippen molar-refractivity contribution in [3.63, 3.8) is 0 Å². The van der Waals surface area contributed by atoms with Crippen LogP contribution in [0, 0.1) is 10.1 Å². The molecule has 5 heteroatoms. The highest BCUT2D eigenvalue weighted by Crippen LogP contribution is 2.33. The molecule has 2 aromatic rings. The van der Waals surface area contributed by atoms with Gasteiger partial charge in [0, 0.05) is 5.56 Å². The van der Waals surface area contributed by atoms with E-state index in [1.165, 1.54) is 13.2 Å². The van der Waals surface area contributed by atoms with Crippen LogP contribution in [0.25, 0.3) is 11.1 Å². The molecule has 0 unspecified atom stereocenters. The summed E-state index contributed by atoms with van der Waals surface area (Å²) in [6.07, 6.45) is 0.707. The van der Waals surface area contributed by atoms with Crippen LogP contribution in [0.3, 0.4) is 0 Å². The molecular weight excluding hydrogens is 246 g/mol. The van der Waals surface area contributed by atoms with Gasteiger partial charge in [-0.2, -0.15) is 0 Å². The largest absolute Gasteiger partial charge is 0.497 e. The number of hydrogen-bond acceptors (Lipinski definition) is 4. The van der Waals surface area contributed by atoms with Crippen LogP contribution in [-0.2, 0) is 0 Å². The predicted molar refractivity (Wildman–Crippen MR) is 70.5 cm³/mol. The summed E-state index contributed by atoms with van der Waals surface area (Å²) in [6, 6.07) is 11.3. The summed E-state index contributed by atoms with van der Waals surface area (Å²) in [7, 11) is 1.45. The van der Waals surface area contributed by atoms with E-state index in [2.05, 4.69) is 0 Å². The number of carbonyl (C=O) groups is 1. The Balaban J connectivity index is 2.60. The SMILES string of the molecule is COc1ccc(-c2cccc(C=O)c2)c([N+](=O)[O-])c1. The number of ether oxygens (including phenoxy) is 1. The maximum absolute atomic E-state index is 11.1. The first-order valence-electron chi connectivity index (χ1n) is 5.53. The van der Waals surface area contributed by atoms with Crippen molar-refractivity contribution in [2.24, 2.45) is 0 Å². The fourth-order valence-electron chi connectivity index (χ4n) is 1.81. The Morgan fingerprint density at radius 2 is 2.00 bits per heavy atom. The van der Waals surface area contributed by atoms with E-state index < -0.39 is 4.92 Å². The molecule has 0 aliphatic carbocycles. The van der Waals surface area contributed by atoms with Gasteiger partial charge >= 0.3 is 0 Å². The molecule has 0 amide bonds. The van der Waals surface area contributed by atoms with Crippen molar-refractivity contribution < 1.29 is 14.5 Å². The molecule has 0 bridgehead atoms. The lowest BCUT2D eigenvalue weighted by atomic mass is 10.0. The van der Waals surface area contributed by atoms with Gasteiger partial charge in [-0.1, -0.05) is 18.2 Å². The van der Waals surface area contributed by atoms with Crippen molar-refractivity contribution in [1.29, 1.82) is 0 Å². The Hall–Kier alpha value is -2.69. The van der Waals surface area contributed by atoms with Gasteiger partial charge in [-0.05, 0) is 23.8 Å². The molecule has 5 nitrogen and oxygen atoms in total. The van der Waals surface area contributed by atoms with E-state index >= 15 is 0 Å². The van der Waals surface area contributed by atoms with E-state index in [1.807, 2.05) is 0 Å². The molecule has 2 aromatic carbocycles. The maximum Gasteiger partial charge on any atom is 0.280 e.